The molecule has 1 heterocycles. The molecule has 11 heavy (non-hydrogen) atoms. The minimum Gasteiger partial charge on any atom is -0.368 e. The molecule has 0 atom stereocenters. The Hall–Kier alpha value is -1.04. The minimum atomic E-state index is -2.78. The zero-order valence-corrected chi connectivity index (χ0v) is 5.89. The number of halogens is 3. The van der Waals surface area contributed by atoms with Gasteiger partial charge in [-0.25, -0.2) is 8.78 Å². The van der Waals surface area contributed by atoms with Gasteiger partial charge in [0, 0.05) is 0 Å². The van der Waals surface area contributed by atoms with Gasteiger partial charge >= 0.3 is 0 Å². The van der Waals surface area contributed by atoms with Crippen LogP contribution in [-0.4, -0.2) is 15.0 Å². The molecule has 0 amide bonds. The van der Waals surface area contributed by atoms with Crippen molar-refractivity contribution in [1.29, 1.82) is 0 Å². The average molecular weight is 181 g/mol. The molecule has 0 radical (unpaired) electrons. The summed E-state index contributed by atoms with van der Waals surface area (Å²) in [6, 6.07) is 0. The maximum Gasteiger partial charge on any atom is 0.297 e. The number of hydrogen-bond donors (Lipinski definition) is 1. The van der Waals surface area contributed by atoms with Gasteiger partial charge in [0.1, 0.15) is 0 Å². The third-order valence-corrected chi connectivity index (χ3v) is 1.01. The van der Waals surface area contributed by atoms with E-state index in [4.69, 9.17) is 17.3 Å². The van der Waals surface area contributed by atoms with Gasteiger partial charge in [-0.05, 0) is 11.6 Å². The minimum absolute atomic E-state index is 0.305. The normalized spacial score (nSPS) is 10.5. The van der Waals surface area contributed by atoms with Gasteiger partial charge in [-0.2, -0.15) is 15.0 Å². The quantitative estimate of drug-likeness (QED) is 0.702. The number of nitrogens with zero attached hydrogens (tertiary/aromatic N) is 3. The summed E-state index contributed by atoms with van der Waals surface area (Å²) in [5.41, 5.74) is 5.02. The molecule has 0 spiro atoms. The Morgan fingerprint density at radius 2 is 1.91 bits per heavy atom. The van der Waals surface area contributed by atoms with E-state index in [1.54, 1.807) is 0 Å². The highest BCUT2D eigenvalue weighted by Crippen LogP contribution is 2.15. The molecule has 2 N–H and O–H groups in total. The lowest BCUT2D eigenvalue weighted by Crippen LogP contribution is -2.03. The third-order valence-electron chi connectivity index (χ3n) is 0.838. The van der Waals surface area contributed by atoms with Crippen molar-refractivity contribution >= 4 is 17.5 Å². The lowest BCUT2D eigenvalue weighted by atomic mass is 10.6. The number of aromatic nitrogens is 3. The lowest BCUT2D eigenvalue weighted by molar-refractivity contribution is 0.140. The van der Waals surface area contributed by atoms with Crippen LogP contribution in [0.2, 0.25) is 5.28 Å². The van der Waals surface area contributed by atoms with Gasteiger partial charge in [0.05, 0.1) is 0 Å². The second kappa shape index (κ2) is 2.91. The van der Waals surface area contributed by atoms with Gasteiger partial charge < -0.3 is 5.73 Å². The molecule has 60 valence electrons. The molecule has 1 aromatic rings. The molecule has 1 aromatic heterocycles. The largest absolute Gasteiger partial charge is 0.368 e. The molecular weight excluding hydrogens is 178 g/mol. The van der Waals surface area contributed by atoms with Crippen molar-refractivity contribution in [3.05, 3.63) is 11.1 Å². The number of nitrogens with two attached hydrogens (primary N) is 1. The van der Waals surface area contributed by atoms with Gasteiger partial charge in [0.15, 0.2) is 0 Å². The number of rotatable bonds is 1. The number of anilines is 1. The van der Waals surface area contributed by atoms with Crippen LogP contribution >= 0.6 is 11.6 Å². The van der Waals surface area contributed by atoms with Crippen LogP contribution < -0.4 is 5.73 Å². The lowest BCUT2D eigenvalue weighted by Gasteiger charge is -1.97. The predicted octanol–water partition coefficient (Wildman–Crippen LogP) is 1.04. The smallest absolute Gasteiger partial charge is 0.297 e. The van der Waals surface area contributed by atoms with Crippen molar-refractivity contribution in [2.75, 3.05) is 5.73 Å². The predicted molar refractivity (Wildman–Crippen MR) is 34.2 cm³/mol. The standard InChI is InChI=1S/C4H3ClF2N4/c5-3-9-2(1(6)7)10-4(8)11-3/h1H,(H2,8,9,10,11). The topological polar surface area (TPSA) is 64.7 Å². The van der Waals surface area contributed by atoms with Gasteiger partial charge in [-0.15, -0.1) is 0 Å². The molecule has 4 nitrogen and oxygen atoms in total. The van der Waals surface area contributed by atoms with Crippen molar-refractivity contribution in [2.45, 2.75) is 6.43 Å². The van der Waals surface area contributed by atoms with Crippen LogP contribution in [-0.2, 0) is 0 Å². The Balaban J connectivity index is 3.08. The van der Waals surface area contributed by atoms with Crippen molar-refractivity contribution < 1.29 is 8.78 Å². The van der Waals surface area contributed by atoms with E-state index in [1.807, 2.05) is 0 Å². The zero-order chi connectivity index (χ0) is 8.43. The van der Waals surface area contributed by atoms with Crippen molar-refractivity contribution in [3.63, 3.8) is 0 Å². The van der Waals surface area contributed by atoms with Crippen LogP contribution in [0.15, 0.2) is 0 Å². The van der Waals surface area contributed by atoms with E-state index in [2.05, 4.69) is 15.0 Å². The van der Waals surface area contributed by atoms with Crippen molar-refractivity contribution in [2.24, 2.45) is 0 Å². The van der Waals surface area contributed by atoms with Crippen LogP contribution in [0.3, 0.4) is 0 Å². The summed E-state index contributed by atoms with van der Waals surface area (Å²) in [4.78, 5) is 9.61. The summed E-state index contributed by atoms with van der Waals surface area (Å²) >= 11 is 5.22. The molecule has 0 saturated carbocycles. The molecule has 0 aliphatic carbocycles. The summed E-state index contributed by atoms with van der Waals surface area (Å²) in [7, 11) is 0. The van der Waals surface area contributed by atoms with Crippen LogP contribution in [0.4, 0.5) is 14.7 Å². The molecule has 0 aliphatic rings. The van der Waals surface area contributed by atoms with Crippen LogP contribution in [0.5, 0.6) is 0 Å². The second-order valence-electron chi connectivity index (χ2n) is 1.62. The Kier molecular flexibility index (Phi) is 2.13. The summed E-state index contributed by atoms with van der Waals surface area (Å²) in [5.74, 6) is -1.01. The summed E-state index contributed by atoms with van der Waals surface area (Å²) in [6.45, 7) is 0. The second-order valence-corrected chi connectivity index (χ2v) is 1.96. The first-order valence-electron chi connectivity index (χ1n) is 2.54. The SMILES string of the molecule is Nc1nc(Cl)nc(C(F)F)n1. The fourth-order valence-electron chi connectivity index (χ4n) is 0.479. The van der Waals surface area contributed by atoms with Crippen molar-refractivity contribution in [3.8, 4) is 0 Å². The first-order valence-corrected chi connectivity index (χ1v) is 2.92. The van der Waals surface area contributed by atoms with Gasteiger partial charge in [-0.3, -0.25) is 0 Å². The summed E-state index contributed by atoms with van der Waals surface area (Å²) in [5, 5.41) is -0.326. The van der Waals surface area contributed by atoms with Gasteiger partial charge in [-0.1, -0.05) is 0 Å². The molecule has 0 fully saturated rings. The molecule has 0 aliphatic heterocycles. The molecule has 0 aromatic carbocycles. The van der Waals surface area contributed by atoms with E-state index in [1.165, 1.54) is 0 Å². The maximum absolute atomic E-state index is 11.9. The molecule has 1 rings (SSSR count). The third kappa shape index (κ3) is 1.94. The fraction of sp³-hybridized carbons (Fsp3) is 0.250. The summed E-state index contributed by atoms with van der Waals surface area (Å²) in [6.07, 6.45) is -2.78. The number of nitrogen functional groups attached to an aromatic ring is 1. The molecule has 7 heteroatoms. The van der Waals surface area contributed by atoms with Crippen LogP contribution in [0.1, 0.15) is 12.2 Å². The van der Waals surface area contributed by atoms with Crippen LogP contribution in [0, 0.1) is 0 Å². The van der Waals surface area contributed by atoms with Crippen molar-refractivity contribution in [1.82, 2.24) is 15.0 Å². The van der Waals surface area contributed by atoms with E-state index in [0.717, 1.165) is 0 Å². The van der Waals surface area contributed by atoms with E-state index in [-0.39, 0.29) is 11.2 Å². The Morgan fingerprint density at radius 3 is 2.36 bits per heavy atom. The monoisotopic (exact) mass is 180 g/mol. The van der Waals surface area contributed by atoms with E-state index < -0.39 is 12.2 Å². The van der Waals surface area contributed by atoms with E-state index >= 15 is 0 Å². The van der Waals surface area contributed by atoms with E-state index in [9.17, 15) is 8.78 Å². The van der Waals surface area contributed by atoms with Gasteiger partial charge in [0.25, 0.3) is 6.43 Å². The molecular formula is C4H3ClF2N4. The first kappa shape index (κ1) is 8.06. The first-order chi connectivity index (χ1) is 5.09. The Morgan fingerprint density at radius 1 is 1.27 bits per heavy atom. The highest BCUT2D eigenvalue weighted by Gasteiger charge is 2.12. The highest BCUT2D eigenvalue weighted by atomic mass is 35.5. The van der Waals surface area contributed by atoms with E-state index in [0.29, 0.717) is 0 Å². The fourth-order valence-corrected chi connectivity index (χ4v) is 0.652. The average Bonchev–Trinajstić information content (AvgIpc) is 1.85. The summed E-state index contributed by atoms with van der Waals surface area (Å²) < 4.78 is 23.7. The molecule has 0 unspecified atom stereocenters. The Bertz CT molecular complexity index is 246. The van der Waals surface area contributed by atoms with Crippen LogP contribution in [0.25, 0.3) is 0 Å². The zero-order valence-electron chi connectivity index (χ0n) is 5.13. The number of alkyl halides is 2. The number of hydrogen-bond acceptors (Lipinski definition) is 4. The maximum atomic E-state index is 11.9. The molecule has 0 bridgehead atoms. The van der Waals surface area contributed by atoms with Gasteiger partial charge in [0.2, 0.25) is 17.1 Å². The highest BCUT2D eigenvalue weighted by molar-refractivity contribution is 6.28. The Labute approximate surface area is 65.4 Å². The molecule has 0 saturated heterocycles.